The number of hydrogen-bond acceptors (Lipinski definition) is 5. The van der Waals surface area contributed by atoms with Gasteiger partial charge in [-0.2, -0.15) is 0 Å². The van der Waals surface area contributed by atoms with Crippen LogP contribution in [0.25, 0.3) is 0 Å². The molecule has 0 amide bonds. The molecule has 0 aromatic heterocycles. The third-order valence-electron chi connectivity index (χ3n) is 7.97. The normalized spacial score (nSPS) is 13.2. The molecule has 270 valence electrons. The smallest absolute Gasteiger partial charge is 0.0377 e. The van der Waals surface area contributed by atoms with Gasteiger partial charge in [-0.25, -0.2) is 0 Å². The van der Waals surface area contributed by atoms with Crippen molar-refractivity contribution in [3.8, 4) is 0 Å². The molecule has 5 heteroatoms. The zero-order valence-corrected chi connectivity index (χ0v) is 34.3. The van der Waals surface area contributed by atoms with Gasteiger partial charge >= 0.3 is 0 Å². The number of allylic oxidation sites excluding steroid dienone is 8. The third-order valence-corrected chi connectivity index (χ3v) is 13.7. The van der Waals surface area contributed by atoms with E-state index in [1.54, 1.807) is 0 Å². The molecule has 0 aromatic carbocycles. The molecule has 0 N–H and O–H groups in total. The lowest BCUT2D eigenvalue weighted by atomic mass is 10.1. The summed E-state index contributed by atoms with van der Waals surface area (Å²) in [6, 6.07) is 0. The number of rotatable bonds is 37. The average Bonchev–Trinajstić information content (AvgIpc) is 3.04. The maximum absolute atomic E-state index is 2.39. The Balaban J connectivity index is 3.55. The minimum atomic E-state index is 0.734. The maximum atomic E-state index is 2.39. The second kappa shape index (κ2) is 41.5. The van der Waals surface area contributed by atoms with Crippen LogP contribution >= 0.6 is 43.2 Å². The standard InChI is InChI=1S/C41H77NS4/c1-5-7-9-11-13-15-17-19-21-23-25-27-29-31-33-35-37-43-45-40-41(39-42(3)4)46-44-38-36-34-32-30-28-26-24-22-20-18-16-14-12-10-8-6-2/h13-16,19-22,41H,5-12,17-18,23-40H2,1-4H3. The SMILES string of the molecule is CCCCCC=CCC=CCCCCCCCCSSCC(CN(C)C)SSCCCCCCCCC=CCC=CCCCCC. The fraction of sp³-hybridized carbons (Fsp3) is 0.805. The summed E-state index contributed by atoms with van der Waals surface area (Å²) in [6.45, 7) is 5.74. The van der Waals surface area contributed by atoms with Gasteiger partial charge in [-0.15, -0.1) is 0 Å². The molecule has 1 nitrogen and oxygen atoms in total. The molecule has 0 fully saturated rings. The highest BCUT2D eigenvalue weighted by Crippen LogP contribution is 2.34. The van der Waals surface area contributed by atoms with Crippen LogP contribution in [0.5, 0.6) is 0 Å². The van der Waals surface area contributed by atoms with Crippen LogP contribution < -0.4 is 0 Å². The summed E-state index contributed by atoms with van der Waals surface area (Å²) in [4.78, 5) is 2.37. The van der Waals surface area contributed by atoms with E-state index in [-0.39, 0.29) is 0 Å². The van der Waals surface area contributed by atoms with Crippen molar-refractivity contribution < 1.29 is 0 Å². The number of nitrogens with zero attached hydrogens (tertiary/aromatic N) is 1. The van der Waals surface area contributed by atoms with Gasteiger partial charge in [0.25, 0.3) is 0 Å². The van der Waals surface area contributed by atoms with Crippen molar-refractivity contribution in [2.24, 2.45) is 0 Å². The predicted octanol–water partition coefficient (Wildman–Crippen LogP) is 15.3. The molecule has 0 aliphatic rings. The Kier molecular flexibility index (Phi) is 41.8. The first-order valence-corrected chi connectivity index (χ1v) is 24.3. The Morgan fingerprint density at radius 2 is 0.826 bits per heavy atom. The summed E-state index contributed by atoms with van der Waals surface area (Å²) >= 11 is 0. The van der Waals surface area contributed by atoms with Crippen LogP contribution in [0.15, 0.2) is 48.6 Å². The highest BCUT2D eigenvalue weighted by molar-refractivity contribution is 8.78. The summed E-state index contributed by atoms with van der Waals surface area (Å²) in [6.07, 6.45) is 51.0. The van der Waals surface area contributed by atoms with Crippen LogP contribution in [0.2, 0.25) is 0 Å². The first-order chi connectivity index (χ1) is 22.7. The minimum absolute atomic E-state index is 0.734. The van der Waals surface area contributed by atoms with Gasteiger partial charge in [0.05, 0.1) is 0 Å². The maximum Gasteiger partial charge on any atom is 0.0377 e. The van der Waals surface area contributed by atoms with Crippen LogP contribution in [-0.4, -0.2) is 48.0 Å². The zero-order chi connectivity index (χ0) is 33.4. The van der Waals surface area contributed by atoms with E-state index in [2.05, 4.69) is 125 Å². The van der Waals surface area contributed by atoms with Gasteiger partial charge in [0.1, 0.15) is 0 Å². The summed E-state index contributed by atoms with van der Waals surface area (Å²) in [5.74, 6) is 3.90. The first-order valence-electron chi connectivity index (χ1n) is 19.5. The quantitative estimate of drug-likeness (QED) is 0.0357. The zero-order valence-electron chi connectivity index (χ0n) is 31.1. The van der Waals surface area contributed by atoms with Gasteiger partial charge in [-0.3, -0.25) is 0 Å². The van der Waals surface area contributed by atoms with Crippen molar-refractivity contribution in [1.29, 1.82) is 0 Å². The van der Waals surface area contributed by atoms with Crippen molar-refractivity contribution in [3.05, 3.63) is 48.6 Å². The largest absolute Gasteiger partial charge is 0.308 e. The fourth-order valence-corrected chi connectivity index (χ4v) is 11.0. The van der Waals surface area contributed by atoms with Crippen LogP contribution in [-0.2, 0) is 0 Å². The number of hydrogen-bond donors (Lipinski definition) is 0. The van der Waals surface area contributed by atoms with E-state index in [4.69, 9.17) is 0 Å². The lowest BCUT2D eigenvalue weighted by Gasteiger charge is -2.19. The molecular weight excluding hydrogens is 635 g/mol. The van der Waals surface area contributed by atoms with Gasteiger partial charge < -0.3 is 4.90 Å². The van der Waals surface area contributed by atoms with Gasteiger partial charge in [0, 0.05) is 29.1 Å². The van der Waals surface area contributed by atoms with Crippen LogP contribution in [0.4, 0.5) is 0 Å². The van der Waals surface area contributed by atoms with Crippen molar-refractivity contribution in [2.75, 3.05) is 37.9 Å². The van der Waals surface area contributed by atoms with E-state index in [1.807, 2.05) is 0 Å². The Hall–Kier alpha value is 0.320. The predicted molar refractivity (Wildman–Crippen MR) is 226 cm³/mol. The molecule has 0 saturated carbocycles. The molecule has 0 aliphatic carbocycles. The Morgan fingerprint density at radius 1 is 0.435 bits per heavy atom. The molecule has 46 heavy (non-hydrogen) atoms. The highest BCUT2D eigenvalue weighted by atomic mass is 33.1. The second-order valence-electron chi connectivity index (χ2n) is 13.1. The molecule has 0 rings (SSSR count). The van der Waals surface area contributed by atoms with Gasteiger partial charge in [0.2, 0.25) is 0 Å². The summed E-state index contributed by atoms with van der Waals surface area (Å²) < 4.78 is 0. The van der Waals surface area contributed by atoms with Gasteiger partial charge in [-0.05, 0) is 91.1 Å². The third kappa shape index (κ3) is 40.5. The molecule has 1 unspecified atom stereocenters. The van der Waals surface area contributed by atoms with Gasteiger partial charge in [-0.1, -0.05) is 183 Å². The molecule has 0 radical (unpaired) electrons. The first kappa shape index (κ1) is 46.3. The fourth-order valence-electron chi connectivity index (χ4n) is 5.14. The molecular formula is C41H77NS4. The van der Waals surface area contributed by atoms with E-state index < -0.39 is 0 Å². The second-order valence-corrected chi connectivity index (χ2v) is 18.5. The Bertz CT molecular complexity index is 688. The van der Waals surface area contributed by atoms with Crippen LogP contribution in [0.1, 0.15) is 168 Å². The lowest BCUT2D eigenvalue weighted by Crippen LogP contribution is -2.24. The number of unbranched alkanes of at least 4 members (excludes halogenated alkanes) is 18. The Labute approximate surface area is 306 Å². The molecule has 0 aliphatic heterocycles. The lowest BCUT2D eigenvalue weighted by molar-refractivity contribution is 0.415. The highest BCUT2D eigenvalue weighted by Gasteiger charge is 2.11. The Morgan fingerprint density at radius 3 is 1.26 bits per heavy atom. The van der Waals surface area contributed by atoms with Crippen LogP contribution in [0.3, 0.4) is 0 Å². The molecule has 0 spiro atoms. The van der Waals surface area contributed by atoms with E-state index >= 15 is 0 Å². The van der Waals surface area contributed by atoms with Crippen molar-refractivity contribution >= 4 is 43.2 Å². The average molecular weight is 712 g/mol. The van der Waals surface area contributed by atoms with E-state index in [9.17, 15) is 0 Å². The summed E-state index contributed by atoms with van der Waals surface area (Å²) in [5.41, 5.74) is 0. The molecule has 0 bridgehead atoms. The molecule has 1 atom stereocenters. The van der Waals surface area contributed by atoms with Crippen molar-refractivity contribution in [3.63, 3.8) is 0 Å². The van der Waals surface area contributed by atoms with E-state index in [0.29, 0.717) is 0 Å². The molecule has 0 aromatic rings. The van der Waals surface area contributed by atoms with Crippen molar-refractivity contribution in [2.45, 2.75) is 173 Å². The van der Waals surface area contributed by atoms with E-state index in [0.717, 1.165) is 18.1 Å². The van der Waals surface area contributed by atoms with Crippen molar-refractivity contribution in [1.82, 2.24) is 4.90 Å². The molecule has 0 heterocycles. The van der Waals surface area contributed by atoms with E-state index in [1.165, 1.54) is 165 Å². The minimum Gasteiger partial charge on any atom is -0.308 e. The molecule has 0 saturated heterocycles. The summed E-state index contributed by atoms with van der Waals surface area (Å²) in [5, 5.41) is 0.734. The summed E-state index contributed by atoms with van der Waals surface area (Å²) in [7, 11) is 13.0. The van der Waals surface area contributed by atoms with Gasteiger partial charge in [0.15, 0.2) is 0 Å². The van der Waals surface area contributed by atoms with Crippen LogP contribution in [0, 0.1) is 0 Å². The monoisotopic (exact) mass is 711 g/mol. The topological polar surface area (TPSA) is 3.24 Å².